The molecule has 1 aliphatic heterocycles. The van der Waals surface area contributed by atoms with Gasteiger partial charge in [-0.25, -0.2) is 0 Å². The Morgan fingerprint density at radius 3 is 2.40 bits per heavy atom. The van der Waals surface area contributed by atoms with E-state index >= 15 is 0 Å². The van der Waals surface area contributed by atoms with E-state index in [1.165, 1.54) is 12.8 Å². The Bertz CT molecular complexity index is 807. The average Bonchev–Trinajstić information content (AvgIpc) is 3.48. The first-order valence-electron chi connectivity index (χ1n) is 11.1. The third-order valence-electron chi connectivity index (χ3n) is 6.39. The van der Waals surface area contributed by atoms with Crippen LogP contribution in [0.5, 0.6) is 0 Å². The zero-order chi connectivity index (χ0) is 20.8. The Morgan fingerprint density at radius 2 is 1.73 bits per heavy atom. The molecular weight excluding hydrogens is 378 g/mol. The molecule has 1 aromatic carbocycles. The van der Waals surface area contributed by atoms with E-state index < -0.39 is 0 Å². The van der Waals surface area contributed by atoms with Crippen molar-refractivity contribution in [3.63, 3.8) is 0 Å². The van der Waals surface area contributed by atoms with Crippen molar-refractivity contribution in [3.05, 3.63) is 60.1 Å². The predicted molar refractivity (Wildman–Crippen MR) is 115 cm³/mol. The van der Waals surface area contributed by atoms with Gasteiger partial charge in [0, 0.05) is 26.2 Å². The highest BCUT2D eigenvalue weighted by Gasteiger charge is 2.37. The highest BCUT2D eigenvalue weighted by Crippen LogP contribution is 2.31. The maximum Gasteiger partial charge on any atom is 0.238 e. The minimum Gasteiger partial charge on any atom is -0.467 e. The molecule has 1 atom stereocenters. The number of carbonyl (C=O) groups excluding carboxylic acids is 2. The van der Waals surface area contributed by atoms with Gasteiger partial charge in [0.2, 0.25) is 11.8 Å². The number of amides is 2. The lowest BCUT2D eigenvalue weighted by Gasteiger charge is -2.40. The molecule has 2 aromatic rings. The van der Waals surface area contributed by atoms with Gasteiger partial charge in [-0.15, -0.1) is 0 Å². The number of carbonyl (C=O) groups is 2. The molecule has 0 bridgehead atoms. The minimum atomic E-state index is -0.117. The molecule has 2 fully saturated rings. The van der Waals surface area contributed by atoms with Gasteiger partial charge >= 0.3 is 0 Å². The van der Waals surface area contributed by atoms with E-state index in [0.717, 1.165) is 37.3 Å². The summed E-state index contributed by atoms with van der Waals surface area (Å²) in [5.41, 5.74) is 1.05. The Balaban J connectivity index is 1.34. The molecule has 0 radical (unpaired) electrons. The van der Waals surface area contributed by atoms with Gasteiger partial charge in [0.1, 0.15) is 5.76 Å². The molecular formula is C24H31N3O3. The first kappa shape index (κ1) is 20.7. The summed E-state index contributed by atoms with van der Waals surface area (Å²) < 4.78 is 5.35. The van der Waals surface area contributed by atoms with E-state index in [0.29, 0.717) is 32.0 Å². The second-order valence-electron chi connectivity index (χ2n) is 8.37. The summed E-state index contributed by atoms with van der Waals surface area (Å²) in [4.78, 5) is 30.0. The Hall–Kier alpha value is -2.60. The average molecular weight is 410 g/mol. The summed E-state index contributed by atoms with van der Waals surface area (Å²) in [7, 11) is 0. The maximum atomic E-state index is 13.1. The van der Waals surface area contributed by atoms with Crippen LogP contribution in [0.15, 0.2) is 53.1 Å². The highest BCUT2D eigenvalue weighted by molar-refractivity contribution is 5.82. The van der Waals surface area contributed by atoms with Crippen molar-refractivity contribution < 1.29 is 14.0 Å². The molecule has 2 amide bonds. The van der Waals surface area contributed by atoms with Crippen LogP contribution in [0.4, 0.5) is 0 Å². The monoisotopic (exact) mass is 409 g/mol. The van der Waals surface area contributed by atoms with E-state index in [4.69, 9.17) is 4.42 Å². The smallest absolute Gasteiger partial charge is 0.238 e. The van der Waals surface area contributed by atoms with Gasteiger partial charge in [0.15, 0.2) is 0 Å². The number of hydrogen-bond donors (Lipinski definition) is 1. The topological polar surface area (TPSA) is 65.8 Å². The van der Waals surface area contributed by atoms with Crippen molar-refractivity contribution in [2.24, 2.45) is 5.92 Å². The Labute approximate surface area is 178 Å². The lowest BCUT2D eigenvalue weighted by Crippen LogP contribution is -2.58. The predicted octanol–water partition coefficient (Wildman–Crippen LogP) is 2.84. The van der Waals surface area contributed by atoms with E-state index in [1.807, 2.05) is 47.4 Å². The summed E-state index contributed by atoms with van der Waals surface area (Å²) in [6, 6.07) is 13.5. The number of benzene rings is 1. The van der Waals surface area contributed by atoms with Crippen molar-refractivity contribution in [3.8, 4) is 0 Å². The molecule has 2 aliphatic rings. The SMILES string of the molecule is O=C(NCc1ccco1)C(C1CCCC1)N1CCN(C(=O)Cc2ccccc2)CC1. The molecule has 30 heavy (non-hydrogen) atoms. The van der Waals surface area contributed by atoms with Crippen LogP contribution < -0.4 is 5.32 Å². The summed E-state index contributed by atoms with van der Waals surface area (Å²) in [6.07, 6.45) is 6.67. The number of rotatable bonds is 7. The van der Waals surface area contributed by atoms with Crippen LogP contribution in [0.3, 0.4) is 0 Å². The quantitative estimate of drug-likeness (QED) is 0.764. The number of hydrogen-bond acceptors (Lipinski definition) is 4. The summed E-state index contributed by atoms with van der Waals surface area (Å²) >= 11 is 0. The molecule has 1 N–H and O–H groups in total. The first-order valence-corrected chi connectivity index (χ1v) is 11.1. The number of nitrogens with one attached hydrogen (secondary N) is 1. The van der Waals surface area contributed by atoms with Crippen molar-refractivity contribution in [2.75, 3.05) is 26.2 Å². The van der Waals surface area contributed by atoms with Gasteiger partial charge in [-0.2, -0.15) is 0 Å². The van der Waals surface area contributed by atoms with Crippen molar-refractivity contribution in [2.45, 2.75) is 44.7 Å². The zero-order valence-electron chi connectivity index (χ0n) is 17.5. The van der Waals surface area contributed by atoms with Crippen LogP contribution in [0, 0.1) is 5.92 Å². The Kier molecular flexibility index (Phi) is 6.84. The number of furan rings is 1. The molecule has 1 saturated carbocycles. The molecule has 4 rings (SSSR count). The van der Waals surface area contributed by atoms with Gasteiger partial charge in [-0.05, 0) is 36.5 Å². The van der Waals surface area contributed by atoms with Gasteiger partial charge in [0.05, 0.1) is 25.3 Å². The molecule has 160 valence electrons. The zero-order valence-corrected chi connectivity index (χ0v) is 17.5. The van der Waals surface area contributed by atoms with Crippen LogP contribution in [-0.2, 0) is 22.6 Å². The number of nitrogens with zero attached hydrogens (tertiary/aromatic N) is 2. The molecule has 6 heteroatoms. The van der Waals surface area contributed by atoms with Gasteiger partial charge in [-0.1, -0.05) is 43.2 Å². The Morgan fingerprint density at radius 1 is 1.00 bits per heavy atom. The molecule has 6 nitrogen and oxygen atoms in total. The molecule has 0 spiro atoms. The number of piperazine rings is 1. The summed E-state index contributed by atoms with van der Waals surface area (Å²) in [6.45, 7) is 3.27. The third-order valence-corrected chi connectivity index (χ3v) is 6.39. The van der Waals surface area contributed by atoms with Crippen LogP contribution in [0.1, 0.15) is 37.0 Å². The molecule has 1 saturated heterocycles. The molecule has 2 heterocycles. The fraction of sp³-hybridized carbons (Fsp3) is 0.500. The maximum absolute atomic E-state index is 13.1. The van der Waals surface area contributed by atoms with E-state index in [1.54, 1.807) is 6.26 Å². The van der Waals surface area contributed by atoms with Gasteiger partial charge in [0.25, 0.3) is 0 Å². The van der Waals surface area contributed by atoms with Crippen molar-refractivity contribution in [1.82, 2.24) is 15.1 Å². The lowest BCUT2D eigenvalue weighted by atomic mass is 9.95. The summed E-state index contributed by atoms with van der Waals surface area (Å²) in [5.74, 6) is 1.42. The highest BCUT2D eigenvalue weighted by atomic mass is 16.3. The van der Waals surface area contributed by atoms with Crippen LogP contribution in [0.2, 0.25) is 0 Å². The van der Waals surface area contributed by atoms with Crippen molar-refractivity contribution >= 4 is 11.8 Å². The second kappa shape index (κ2) is 9.94. The molecule has 1 aliphatic carbocycles. The van der Waals surface area contributed by atoms with E-state index in [-0.39, 0.29) is 17.9 Å². The van der Waals surface area contributed by atoms with E-state index in [9.17, 15) is 9.59 Å². The third kappa shape index (κ3) is 5.11. The van der Waals surface area contributed by atoms with Crippen molar-refractivity contribution in [1.29, 1.82) is 0 Å². The van der Waals surface area contributed by atoms with Crippen LogP contribution in [-0.4, -0.2) is 53.8 Å². The standard InChI is InChI=1S/C24H31N3O3/c28-22(17-19-7-2-1-3-8-19)26-12-14-27(15-13-26)23(20-9-4-5-10-20)24(29)25-18-21-11-6-16-30-21/h1-3,6-8,11,16,20,23H,4-5,9-10,12-15,17-18H2,(H,25,29). The van der Waals surface area contributed by atoms with E-state index in [2.05, 4.69) is 10.2 Å². The largest absolute Gasteiger partial charge is 0.467 e. The molecule has 1 aromatic heterocycles. The summed E-state index contributed by atoms with van der Waals surface area (Å²) in [5, 5.41) is 3.07. The van der Waals surface area contributed by atoms with Gasteiger partial charge < -0.3 is 14.6 Å². The van der Waals surface area contributed by atoms with Gasteiger partial charge in [-0.3, -0.25) is 14.5 Å². The van der Waals surface area contributed by atoms with Crippen LogP contribution >= 0.6 is 0 Å². The normalized spacial score (nSPS) is 19.0. The van der Waals surface area contributed by atoms with Crippen LogP contribution in [0.25, 0.3) is 0 Å². The second-order valence-corrected chi connectivity index (χ2v) is 8.37. The fourth-order valence-corrected chi connectivity index (χ4v) is 4.77. The lowest BCUT2D eigenvalue weighted by molar-refractivity contribution is -0.134. The molecule has 1 unspecified atom stereocenters. The minimum absolute atomic E-state index is 0.0855. The fourth-order valence-electron chi connectivity index (χ4n) is 4.77. The first-order chi connectivity index (χ1) is 14.7.